The van der Waals surface area contributed by atoms with Gasteiger partial charge in [-0.15, -0.1) is 0 Å². The molecular formula is C15H26N2. The molecule has 1 saturated carbocycles. The molecule has 96 valence electrons. The molecule has 0 spiro atoms. The highest BCUT2D eigenvalue weighted by molar-refractivity contribution is 5.10. The third-order valence-electron chi connectivity index (χ3n) is 4.79. The summed E-state index contributed by atoms with van der Waals surface area (Å²) in [7, 11) is 0. The monoisotopic (exact) mass is 234 g/mol. The molecule has 0 N–H and O–H groups in total. The minimum Gasteiger partial charge on any atom is -0.286 e. The van der Waals surface area contributed by atoms with Gasteiger partial charge >= 0.3 is 0 Å². The first-order valence-corrected chi connectivity index (χ1v) is 7.47. The maximum atomic E-state index is 9.65. The zero-order chi connectivity index (χ0) is 12.1. The maximum absolute atomic E-state index is 9.65. The number of hydrogen-bond acceptors (Lipinski definition) is 2. The highest BCUT2D eigenvalue weighted by Crippen LogP contribution is 2.37. The lowest BCUT2D eigenvalue weighted by molar-refractivity contribution is 0.152. The number of rotatable bonds is 3. The molecule has 2 unspecified atom stereocenters. The van der Waals surface area contributed by atoms with E-state index in [0.717, 1.165) is 31.8 Å². The summed E-state index contributed by atoms with van der Waals surface area (Å²) in [6.07, 6.45) is 11.4. The van der Waals surface area contributed by atoms with Crippen LogP contribution < -0.4 is 0 Å². The summed E-state index contributed by atoms with van der Waals surface area (Å²) in [4.78, 5) is 2.49. The molecule has 0 radical (unpaired) electrons. The fraction of sp³-hybridized carbons (Fsp3) is 0.933. The molecule has 17 heavy (non-hydrogen) atoms. The average Bonchev–Trinajstić information content (AvgIpc) is 2.80. The number of hydrogen-bond donors (Lipinski definition) is 0. The van der Waals surface area contributed by atoms with Crippen LogP contribution in [0.25, 0.3) is 0 Å². The SMILES string of the molecule is CCCC1CCCC(C#N)(N2CCCC2)CC1. The van der Waals surface area contributed by atoms with Gasteiger partial charge in [0.05, 0.1) is 6.07 Å². The Balaban J connectivity index is 2.01. The van der Waals surface area contributed by atoms with Crippen molar-refractivity contribution < 1.29 is 0 Å². The van der Waals surface area contributed by atoms with Crippen LogP contribution in [0.3, 0.4) is 0 Å². The van der Waals surface area contributed by atoms with Gasteiger partial charge in [0.1, 0.15) is 5.54 Å². The van der Waals surface area contributed by atoms with Crippen molar-refractivity contribution in [1.29, 1.82) is 5.26 Å². The molecule has 0 aromatic carbocycles. The summed E-state index contributed by atoms with van der Waals surface area (Å²) >= 11 is 0. The van der Waals surface area contributed by atoms with E-state index < -0.39 is 0 Å². The molecule has 1 aliphatic heterocycles. The van der Waals surface area contributed by atoms with Crippen molar-refractivity contribution in [3.05, 3.63) is 0 Å². The molecule has 0 amide bonds. The molecule has 2 nitrogen and oxygen atoms in total. The van der Waals surface area contributed by atoms with Gasteiger partial charge in [-0.25, -0.2) is 0 Å². The van der Waals surface area contributed by atoms with Gasteiger partial charge in [0.15, 0.2) is 0 Å². The predicted octanol–water partition coefficient (Wildman–Crippen LogP) is 3.72. The van der Waals surface area contributed by atoms with E-state index in [1.165, 1.54) is 44.9 Å². The Bertz CT molecular complexity index is 275. The summed E-state index contributed by atoms with van der Waals surface area (Å²) in [5, 5.41) is 9.65. The fourth-order valence-corrected chi connectivity index (χ4v) is 3.74. The largest absolute Gasteiger partial charge is 0.286 e. The number of likely N-dealkylation sites (tertiary alicyclic amines) is 1. The van der Waals surface area contributed by atoms with Crippen molar-refractivity contribution in [3.8, 4) is 6.07 Å². The topological polar surface area (TPSA) is 27.0 Å². The van der Waals surface area contributed by atoms with Crippen LogP contribution >= 0.6 is 0 Å². The number of nitriles is 1. The van der Waals surface area contributed by atoms with Crippen molar-refractivity contribution in [1.82, 2.24) is 4.90 Å². The first-order valence-electron chi connectivity index (χ1n) is 7.47. The molecule has 0 aromatic heterocycles. The van der Waals surface area contributed by atoms with E-state index in [-0.39, 0.29) is 5.54 Å². The molecule has 2 aliphatic rings. The highest BCUT2D eigenvalue weighted by Gasteiger charge is 2.39. The molecule has 2 fully saturated rings. The van der Waals surface area contributed by atoms with E-state index in [2.05, 4.69) is 17.9 Å². The van der Waals surface area contributed by atoms with Gasteiger partial charge in [-0.1, -0.05) is 32.6 Å². The van der Waals surface area contributed by atoms with Crippen molar-refractivity contribution in [2.24, 2.45) is 5.92 Å². The van der Waals surface area contributed by atoms with Crippen LogP contribution in [0.15, 0.2) is 0 Å². The summed E-state index contributed by atoms with van der Waals surface area (Å²) < 4.78 is 0. The lowest BCUT2D eigenvalue weighted by atomic mass is 9.89. The molecule has 1 heterocycles. The van der Waals surface area contributed by atoms with Crippen molar-refractivity contribution >= 4 is 0 Å². The Morgan fingerprint density at radius 2 is 1.94 bits per heavy atom. The fourth-order valence-electron chi connectivity index (χ4n) is 3.74. The van der Waals surface area contributed by atoms with Crippen molar-refractivity contribution in [2.45, 2.75) is 70.3 Å². The van der Waals surface area contributed by atoms with Crippen LogP contribution in [0.1, 0.15) is 64.7 Å². The van der Waals surface area contributed by atoms with Crippen LogP contribution in [0.5, 0.6) is 0 Å². The molecule has 1 saturated heterocycles. The van der Waals surface area contributed by atoms with E-state index in [4.69, 9.17) is 0 Å². The second kappa shape index (κ2) is 5.87. The van der Waals surface area contributed by atoms with Crippen molar-refractivity contribution in [3.63, 3.8) is 0 Å². The third-order valence-corrected chi connectivity index (χ3v) is 4.79. The second-order valence-electron chi connectivity index (χ2n) is 5.92. The predicted molar refractivity (Wildman–Crippen MR) is 70.6 cm³/mol. The zero-order valence-corrected chi connectivity index (χ0v) is 11.2. The van der Waals surface area contributed by atoms with Gasteiger partial charge in [-0.3, -0.25) is 4.90 Å². The minimum atomic E-state index is -0.0982. The molecule has 0 bridgehead atoms. The van der Waals surface area contributed by atoms with Gasteiger partial charge in [0, 0.05) is 0 Å². The summed E-state index contributed by atoms with van der Waals surface area (Å²) in [5.41, 5.74) is -0.0982. The van der Waals surface area contributed by atoms with Gasteiger partial charge in [0.2, 0.25) is 0 Å². The second-order valence-corrected chi connectivity index (χ2v) is 5.92. The third kappa shape index (κ3) is 2.83. The first-order chi connectivity index (χ1) is 8.30. The van der Waals surface area contributed by atoms with Crippen LogP contribution in [0, 0.1) is 17.2 Å². The van der Waals surface area contributed by atoms with Crippen LogP contribution in [-0.2, 0) is 0 Å². The average molecular weight is 234 g/mol. The molecule has 0 aromatic rings. The van der Waals surface area contributed by atoms with E-state index in [1.54, 1.807) is 0 Å². The number of nitrogens with zero attached hydrogens (tertiary/aromatic N) is 2. The van der Waals surface area contributed by atoms with Crippen LogP contribution in [0.4, 0.5) is 0 Å². The molecule has 2 rings (SSSR count). The van der Waals surface area contributed by atoms with Gasteiger partial charge in [0.25, 0.3) is 0 Å². The Labute approximate surface area is 106 Å². The van der Waals surface area contributed by atoms with Gasteiger partial charge in [-0.05, 0) is 51.1 Å². The van der Waals surface area contributed by atoms with Gasteiger partial charge < -0.3 is 0 Å². The molecule has 1 aliphatic carbocycles. The van der Waals surface area contributed by atoms with E-state index in [9.17, 15) is 5.26 Å². The Kier molecular flexibility index (Phi) is 4.45. The maximum Gasteiger partial charge on any atom is 0.109 e. The summed E-state index contributed by atoms with van der Waals surface area (Å²) in [5.74, 6) is 0.887. The lowest BCUT2D eigenvalue weighted by Gasteiger charge is -2.35. The Morgan fingerprint density at radius 1 is 1.18 bits per heavy atom. The van der Waals surface area contributed by atoms with E-state index in [0.29, 0.717) is 0 Å². The summed E-state index contributed by atoms with van der Waals surface area (Å²) in [6.45, 7) is 4.60. The summed E-state index contributed by atoms with van der Waals surface area (Å²) in [6, 6.07) is 2.69. The lowest BCUT2D eigenvalue weighted by Crippen LogP contribution is -2.45. The smallest absolute Gasteiger partial charge is 0.109 e. The van der Waals surface area contributed by atoms with Gasteiger partial charge in [-0.2, -0.15) is 5.26 Å². The Hall–Kier alpha value is -0.550. The molecular weight excluding hydrogens is 208 g/mol. The minimum absolute atomic E-state index is 0.0982. The molecule has 2 atom stereocenters. The highest BCUT2D eigenvalue weighted by atomic mass is 15.2. The van der Waals surface area contributed by atoms with Crippen LogP contribution in [0.2, 0.25) is 0 Å². The van der Waals surface area contributed by atoms with E-state index >= 15 is 0 Å². The Morgan fingerprint density at radius 3 is 2.59 bits per heavy atom. The van der Waals surface area contributed by atoms with E-state index in [1.807, 2.05) is 0 Å². The zero-order valence-electron chi connectivity index (χ0n) is 11.2. The normalized spacial score (nSPS) is 35.4. The van der Waals surface area contributed by atoms with Crippen LogP contribution in [-0.4, -0.2) is 23.5 Å². The molecule has 2 heteroatoms. The first kappa shape index (κ1) is 12.9. The standard InChI is InChI=1S/C15H26N2/c1-2-6-14-7-5-9-15(13-16,10-8-14)17-11-3-4-12-17/h14H,2-12H2,1H3. The van der Waals surface area contributed by atoms with Crippen molar-refractivity contribution in [2.75, 3.05) is 13.1 Å². The quantitative estimate of drug-likeness (QED) is 0.696.